The van der Waals surface area contributed by atoms with E-state index in [0.29, 0.717) is 15.4 Å². The Morgan fingerprint density at radius 2 is 2.18 bits per heavy atom. The molecule has 1 saturated heterocycles. The first-order valence-corrected chi connectivity index (χ1v) is 7.31. The fourth-order valence-electron chi connectivity index (χ4n) is 2.21. The largest absolute Gasteiger partial charge is 0.335 e. The molecule has 0 bridgehead atoms. The normalized spacial score (nSPS) is 19.7. The molecule has 1 aliphatic heterocycles. The van der Waals surface area contributed by atoms with Crippen LogP contribution in [-0.2, 0) is 4.79 Å². The van der Waals surface area contributed by atoms with Gasteiger partial charge in [0.2, 0.25) is 5.91 Å². The molecule has 5 heteroatoms. The lowest BCUT2D eigenvalue weighted by molar-refractivity contribution is -0.129. The van der Waals surface area contributed by atoms with E-state index in [1.54, 1.807) is 6.07 Å². The Morgan fingerprint density at radius 1 is 1.41 bits per heavy atom. The number of halogens is 3. The van der Waals surface area contributed by atoms with Gasteiger partial charge in [-0.1, -0.05) is 45.2 Å². The number of amides is 1. The van der Waals surface area contributed by atoms with Gasteiger partial charge in [-0.05, 0) is 30.5 Å². The van der Waals surface area contributed by atoms with Crippen LogP contribution in [0.1, 0.15) is 24.4 Å². The van der Waals surface area contributed by atoms with Crippen LogP contribution in [0.3, 0.4) is 0 Å². The van der Waals surface area contributed by atoms with E-state index in [0.717, 1.165) is 24.9 Å². The maximum Gasteiger partial charge on any atom is 0.233 e. The van der Waals surface area contributed by atoms with Crippen molar-refractivity contribution >= 4 is 45.0 Å². The van der Waals surface area contributed by atoms with E-state index in [9.17, 15) is 4.79 Å². The molecule has 1 unspecified atom stereocenters. The summed E-state index contributed by atoms with van der Waals surface area (Å²) in [6.07, 6.45) is 2.01. The van der Waals surface area contributed by atoms with Crippen LogP contribution in [0, 0.1) is 0 Å². The third-order valence-corrected chi connectivity index (χ3v) is 4.23. The van der Waals surface area contributed by atoms with Gasteiger partial charge in [0.1, 0.15) is 0 Å². The van der Waals surface area contributed by atoms with E-state index in [1.165, 1.54) is 0 Å². The first-order valence-electron chi connectivity index (χ1n) is 5.44. The Kier molecular flexibility index (Phi) is 4.34. The molecule has 1 amide bonds. The quantitative estimate of drug-likeness (QED) is 0.746. The fraction of sp³-hybridized carbons (Fsp3) is 0.417. The summed E-state index contributed by atoms with van der Waals surface area (Å²) in [5.74, 6) is 0.124. The molecular formula is C12H12BrCl2NO. The molecule has 1 fully saturated rings. The Hall–Kier alpha value is -0.250. The van der Waals surface area contributed by atoms with Crippen molar-refractivity contribution in [3.05, 3.63) is 33.8 Å². The zero-order valence-electron chi connectivity index (χ0n) is 9.13. The van der Waals surface area contributed by atoms with Gasteiger partial charge < -0.3 is 4.90 Å². The lowest BCUT2D eigenvalue weighted by Crippen LogP contribution is -2.31. The third kappa shape index (κ3) is 2.78. The van der Waals surface area contributed by atoms with Crippen molar-refractivity contribution in [1.29, 1.82) is 0 Å². The van der Waals surface area contributed by atoms with Crippen molar-refractivity contribution in [3.63, 3.8) is 0 Å². The zero-order valence-corrected chi connectivity index (χ0v) is 12.2. The van der Waals surface area contributed by atoms with Gasteiger partial charge in [-0.2, -0.15) is 0 Å². The summed E-state index contributed by atoms with van der Waals surface area (Å²) < 4.78 is 0. The van der Waals surface area contributed by atoms with Crippen LogP contribution in [0.2, 0.25) is 10.0 Å². The van der Waals surface area contributed by atoms with E-state index in [2.05, 4.69) is 15.9 Å². The summed E-state index contributed by atoms with van der Waals surface area (Å²) in [6, 6.07) is 5.72. The molecule has 1 aromatic carbocycles. The minimum absolute atomic E-state index is 0.124. The summed E-state index contributed by atoms with van der Waals surface area (Å²) >= 11 is 15.1. The summed E-state index contributed by atoms with van der Waals surface area (Å²) in [4.78, 5) is 13.7. The summed E-state index contributed by atoms with van der Waals surface area (Å²) in [5, 5.41) is 1.46. The average molecular weight is 337 g/mol. The molecule has 2 rings (SSSR count). The highest BCUT2D eigenvalue weighted by atomic mass is 79.9. The minimum atomic E-state index is 0.124. The Labute approximate surface area is 119 Å². The second kappa shape index (κ2) is 5.59. The monoisotopic (exact) mass is 335 g/mol. The van der Waals surface area contributed by atoms with Crippen LogP contribution in [0.25, 0.3) is 0 Å². The highest BCUT2D eigenvalue weighted by Gasteiger charge is 2.29. The number of nitrogens with zero attached hydrogens (tertiary/aromatic N) is 1. The van der Waals surface area contributed by atoms with Crippen LogP contribution in [-0.4, -0.2) is 22.7 Å². The van der Waals surface area contributed by atoms with Crippen LogP contribution < -0.4 is 0 Å². The third-order valence-electron chi connectivity index (χ3n) is 3.02. The predicted octanol–water partition coefficient (Wildman–Crippen LogP) is 4.05. The van der Waals surface area contributed by atoms with Crippen molar-refractivity contribution in [2.75, 3.05) is 11.9 Å². The summed E-state index contributed by atoms with van der Waals surface area (Å²) in [7, 11) is 0. The van der Waals surface area contributed by atoms with Gasteiger partial charge in [0.05, 0.1) is 21.4 Å². The number of rotatable bonds is 2. The smallest absolute Gasteiger partial charge is 0.233 e. The molecule has 92 valence electrons. The molecule has 2 nitrogen and oxygen atoms in total. The molecule has 0 N–H and O–H groups in total. The van der Waals surface area contributed by atoms with Gasteiger partial charge in [-0.3, -0.25) is 4.79 Å². The summed E-state index contributed by atoms with van der Waals surface area (Å²) in [5.41, 5.74) is 1.06. The van der Waals surface area contributed by atoms with Crippen molar-refractivity contribution in [1.82, 2.24) is 4.90 Å². The number of benzene rings is 1. The standard InChI is InChI=1S/C12H12BrCl2NO/c13-7-12(17)16-5-1-2-11(16)8-3-4-9(14)10(15)6-8/h3-4,6,11H,1-2,5,7H2. The second-order valence-electron chi connectivity index (χ2n) is 4.05. The first-order chi connectivity index (χ1) is 8.13. The van der Waals surface area contributed by atoms with E-state index >= 15 is 0 Å². The van der Waals surface area contributed by atoms with Crippen LogP contribution in [0.5, 0.6) is 0 Å². The van der Waals surface area contributed by atoms with Crippen LogP contribution >= 0.6 is 39.1 Å². The van der Waals surface area contributed by atoms with Crippen molar-refractivity contribution in [2.45, 2.75) is 18.9 Å². The van der Waals surface area contributed by atoms with E-state index in [4.69, 9.17) is 23.2 Å². The van der Waals surface area contributed by atoms with Crippen LogP contribution in [0.15, 0.2) is 18.2 Å². The minimum Gasteiger partial charge on any atom is -0.335 e. The summed E-state index contributed by atoms with van der Waals surface area (Å²) in [6.45, 7) is 0.815. The maximum atomic E-state index is 11.8. The van der Waals surface area contributed by atoms with Crippen molar-refractivity contribution < 1.29 is 4.79 Å². The molecule has 17 heavy (non-hydrogen) atoms. The molecule has 0 spiro atoms. The lowest BCUT2D eigenvalue weighted by Gasteiger charge is -2.24. The first kappa shape index (κ1) is 13.2. The SMILES string of the molecule is O=C(CBr)N1CCCC1c1ccc(Cl)c(Cl)c1. The van der Waals surface area contributed by atoms with Gasteiger partial charge in [0.25, 0.3) is 0 Å². The lowest BCUT2D eigenvalue weighted by atomic mass is 10.0. The molecule has 1 atom stereocenters. The molecule has 1 aliphatic rings. The molecule has 0 saturated carbocycles. The van der Waals surface area contributed by atoms with Gasteiger partial charge in [0, 0.05) is 6.54 Å². The van der Waals surface area contributed by atoms with Gasteiger partial charge in [0.15, 0.2) is 0 Å². The van der Waals surface area contributed by atoms with Gasteiger partial charge in [-0.25, -0.2) is 0 Å². The number of hydrogen-bond donors (Lipinski definition) is 0. The molecule has 1 heterocycles. The number of carbonyl (C=O) groups excluding carboxylic acids is 1. The van der Waals surface area contributed by atoms with E-state index in [-0.39, 0.29) is 11.9 Å². The Morgan fingerprint density at radius 3 is 2.82 bits per heavy atom. The molecule has 0 aromatic heterocycles. The molecule has 0 aliphatic carbocycles. The number of hydrogen-bond acceptors (Lipinski definition) is 1. The fourth-order valence-corrected chi connectivity index (χ4v) is 2.84. The van der Waals surface area contributed by atoms with Crippen molar-refractivity contribution in [2.24, 2.45) is 0 Å². The molecular weight excluding hydrogens is 325 g/mol. The topological polar surface area (TPSA) is 20.3 Å². The Balaban J connectivity index is 2.26. The molecule has 0 radical (unpaired) electrons. The molecule has 1 aromatic rings. The van der Waals surface area contributed by atoms with Crippen LogP contribution in [0.4, 0.5) is 0 Å². The van der Waals surface area contributed by atoms with Gasteiger partial charge >= 0.3 is 0 Å². The highest BCUT2D eigenvalue weighted by Crippen LogP contribution is 2.35. The van der Waals surface area contributed by atoms with E-state index in [1.807, 2.05) is 17.0 Å². The van der Waals surface area contributed by atoms with E-state index < -0.39 is 0 Å². The maximum absolute atomic E-state index is 11.8. The van der Waals surface area contributed by atoms with Crippen molar-refractivity contribution in [3.8, 4) is 0 Å². The predicted molar refractivity (Wildman–Crippen MR) is 73.9 cm³/mol. The zero-order chi connectivity index (χ0) is 12.4. The highest BCUT2D eigenvalue weighted by molar-refractivity contribution is 9.09. The second-order valence-corrected chi connectivity index (χ2v) is 5.43. The van der Waals surface area contributed by atoms with Gasteiger partial charge in [-0.15, -0.1) is 0 Å². The Bertz CT molecular complexity index is 439. The number of carbonyl (C=O) groups is 1. The average Bonchev–Trinajstić information content (AvgIpc) is 2.80. The number of alkyl halides is 1. The number of likely N-dealkylation sites (tertiary alicyclic amines) is 1.